The second-order valence-electron chi connectivity index (χ2n) is 4.42. The number of thioether (sulfide) groups is 1. The molecule has 82 valence electrons. The molecule has 0 spiro atoms. The fourth-order valence-corrected chi connectivity index (χ4v) is 3.36. The standard InChI is InChI=1S/C13H13NOS/c1-8(2)11-12(15)9-5-3-4-6-10(9)14-7-16-13(11)14/h3-6,8H,7H2,1-2H3. The molecule has 0 aliphatic carbocycles. The van der Waals surface area contributed by atoms with Crippen LogP contribution in [-0.4, -0.2) is 4.57 Å². The van der Waals surface area contributed by atoms with Gasteiger partial charge in [-0.2, -0.15) is 0 Å². The van der Waals surface area contributed by atoms with Gasteiger partial charge in [-0.25, -0.2) is 0 Å². The summed E-state index contributed by atoms with van der Waals surface area (Å²) >= 11 is 1.78. The van der Waals surface area contributed by atoms with Crippen LogP contribution in [0.3, 0.4) is 0 Å². The van der Waals surface area contributed by atoms with Crippen LogP contribution < -0.4 is 5.43 Å². The Kier molecular flexibility index (Phi) is 2.11. The Morgan fingerprint density at radius 2 is 2.06 bits per heavy atom. The van der Waals surface area contributed by atoms with Gasteiger partial charge in [-0.15, -0.1) is 0 Å². The van der Waals surface area contributed by atoms with E-state index in [1.807, 2.05) is 24.3 Å². The smallest absolute Gasteiger partial charge is 0.193 e. The maximum atomic E-state index is 12.4. The molecule has 1 aromatic heterocycles. The average Bonchev–Trinajstić information content (AvgIpc) is 2.22. The lowest BCUT2D eigenvalue weighted by atomic mass is 10.0. The van der Waals surface area contributed by atoms with Crippen LogP contribution in [-0.2, 0) is 5.88 Å². The van der Waals surface area contributed by atoms with Crippen LogP contribution in [0.1, 0.15) is 25.3 Å². The molecule has 2 heterocycles. The van der Waals surface area contributed by atoms with Gasteiger partial charge in [0, 0.05) is 10.9 Å². The van der Waals surface area contributed by atoms with Crippen LogP contribution in [0, 0.1) is 0 Å². The Bertz CT molecular complexity index is 628. The average molecular weight is 231 g/mol. The van der Waals surface area contributed by atoms with Crippen molar-refractivity contribution in [2.75, 3.05) is 0 Å². The summed E-state index contributed by atoms with van der Waals surface area (Å²) < 4.78 is 2.25. The number of hydrogen-bond acceptors (Lipinski definition) is 2. The van der Waals surface area contributed by atoms with Crippen molar-refractivity contribution >= 4 is 22.7 Å². The summed E-state index contributed by atoms with van der Waals surface area (Å²) in [7, 11) is 0. The molecule has 2 nitrogen and oxygen atoms in total. The molecule has 3 heteroatoms. The Hall–Kier alpha value is -1.22. The molecular formula is C13H13NOS. The van der Waals surface area contributed by atoms with Gasteiger partial charge >= 0.3 is 0 Å². The Balaban J connectivity index is 2.51. The molecule has 0 atom stereocenters. The van der Waals surface area contributed by atoms with Gasteiger partial charge in [0.05, 0.1) is 16.4 Å². The number of benzene rings is 1. The predicted molar refractivity (Wildman–Crippen MR) is 68.2 cm³/mol. The van der Waals surface area contributed by atoms with E-state index in [4.69, 9.17) is 0 Å². The first kappa shape index (κ1) is 9.97. The van der Waals surface area contributed by atoms with E-state index in [1.165, 1.54) is 5.03 Å². The lowest BCUT2D eigenvalue weighted by Gasteiger charge is -2.28. The fourth-order valence-electron chi connectivity index (χ4n) is 2.25. The van der Waals surface area contributed by atoms with Gasteiger partial charge in [0.1, 0.15) is 0 Å². The number of nitrogens with zero attached hydrogens (tertiary/aromatic N) is 1. The highest BCUT2D eigenvalue weighted by molar-refractivity contribution is 7.99. The molecule has 0 fully saturated rings. The third kappa shape index (κ3) is 1.18. The predicted octanol–water partition coefficient (Wildman–Crippen LogP) is 3.19. The van der Waals surface area contributed by atoms with Crippen LogP contribution >= 0.6 is 11.8 Å². The zero-order chi connectivity index (χ0) is 11.3. The maximum absolute atomic E-state index is 12.4. The van der Waals surface area contributed by atoms with Gasteiger partial charge in [0.25, 0.3) is 0 Å². The van der Waals surface area contributed by atoms with E-state index in [9.17, 15) is 4.79 Å². The molecule has 0 amide bonds. The minimum Gasteiger partial charge on any atom is -0.325 e. The Morgan fingerprint density at radius 3 is 2.69 bits per heavy atom. The van der Waals surface area contributed by atoms with Gasteiger partial charge in [0.15, 0.2) is 5.43 Å². The second kappa shape index (κ2) is 3.39. The molecule has 3 rings (SSSR count). The van der Waals surface area contributed by atoms with E-state index in [-0.39, 0.29) is 5.43 Å². The summed E-state index contributed by atoms with van der Waals surface area (Å²) in [5.74, 6) is 1.27. The van der Waals surface area contributed by atoms with E-state index in [1.54, 1.807) is 11.8 Å². The molecule has 1 aliphatic heterocycles. The van der Waals surface area contributed by atoms with E-state index >= 15 is 0 Å². The first-order valence-electron chi connectivity index (χ1n) is 5.48. The molecule has 1 aromatic carbocycles. The summed E-state index contributed by atoms with van der Waals surface area (Å²) in [4.78, 5) is 12.4. The van der Waals surface area contributed by atoms with Crippen molar-refractivity contribution in [1.29, 1.82) is 0 Å². The second-order valence-corrected chi connectivity index (χ2v) is 5.35. The monoisotopic (exact) mass is 231 g/mol. The highest BCUT2D eigenvalue weighted by Gasteiger charge is 2.24. The van der Waals surface area contributed by atoms with Gasteiger partial charge in [-0.05, 0) is 18.1 Å². The first-order valence-corrected chi connectivity index (χ1v) is 6.47. The normalized spacial score (nSPS) is 13.9. The van der Waals surface area contributed by atoms with Crippen molar-refractivity contribution in [3.8, 4) is 0 Å². The summed E-state index contributed by atoms with van der Waals surface area (Å²) in [6, 6.07) is 7.89. The quantitative estimate of drug-likeness (QED) is 0.752. The van der Waals surface area contributed by atoms with E-state index in [0.717, 1.165) is 22.3 Å². The number of hydrogen-bond donors (Lipinski definition) is 0. The molecule has 1 aliphatic rings. The van der Waals surface area contributed by atoms with Crippen molar-refractivity contribution in [1.82, 2.24) is 4.57 Å². The highest BCUT2D eigenvalue weighted by atomic mass is 32.2. The SMILES string of the molecule is CC(C)c1c2n(c3ccccc3c1=O)CS2. The minimum atomic E-state index is 0.212. The van der Waals surface area contributed by atoms with Gasteiger partial charge in [0.2, 0.25) is 0 Å². The highest BCUT2D eigenvalue weighted by Crippen LogP contribution is 2.38. The summed E-state index contributed by atoms with van der Waals surface area (Å²) in [6.45, 7) is 4.18. The summed E-state index contributed by atoms with van der Waals surface area (Å²) in [5, 5.41) is 2.02. The lowest BCUT2D eigenvalue weighted by molar-refractivity contribution is 0.703. The molecule has 0 unspecified atom stereocenters. The van der Waals surface area contributed by atoms with Crippen molar-refractivity contribution in [2.24, 2.45) is 0 Å². The first-order chi connectivity index (χ1) is 7.70. The molecule has 0 saturated carbocycles. The zero-order valence-corrected chi connectivity index (χ0v) is 10.2. The third-order valence-electron chi connectivity index (χ3n) is 3.07. The van der Waals surface area contributed by atoms with E-state index in [0.29, 0.717) is 5.92 Å². The number of para-hydroxylation sites is 1. The lowest BCUT2D eigenvalue weighted by Crippen LogP contribution is -2.23. The van der Waals surface area contributed by atoms with Crippen LogP contribution in [0.15, 0.2) is 34.1 Å². The number of pyridine rings is 1. The molecule has 0 saturated heterocycles. The van der Waals surface area contributed by atoms with Crippen molar-refractivity contribution < 1.29 is 0 Å². The van der Waals surface area contributed by atoms with Crippen LogP contribution in [0.5, 0.6) is 0 Å². The van der Waals surface area contributed by atoms with Gasteiger partial charge in [-0.1, -0.05) is 37.7 Å². The molecule has 2 aromatic rings. The van der Waals surface area contributed by atoms with Crippen molar-refractivity contribution in [2.45, 2.75) is 30.7 Å². The Labute approximate surface area is 98.3 Å². The molecule has 0 radical (unpaired) electrons. The zero-order valence-electron chi connectivity index (χ0n) is 9.36. The number of aromatic nitrogens is 1. The fraction of sp³-hybridized carbons (Fsp3) is 0.308. The third-order valence-corrected chi connectivity index (χ3v) is 4.17. The van der Waals surface area contributed by atoms with E-state index < -0.39 is 0 Å². The van der Waals surface area contributed by atoms with E-state index in [2.05, 4.69) is 18.4 Å². The topological polar surface area (TPSA) is 22.0 Å². The largest absolute Gasteiger partial charge is 0.325 e. The molecule has 0 bridgehead atoms. The molecule has 16 heavy (non-hydrogen) atoms. The Morgan fingerprint density at radius 1 is 1.31 bits per heavy atom. The molecular weight excluding hydrogens is 218 g/mol. The van der Waals surface area contributed by atoms with Gasteiger partial charge in [-0.3, -0.25) is 4.79 Å². The van der Waals surface area contributed by atoms with Crippen LogP contribution in [0.25, 0.3) is 10.9 Å². The summed E-state index contributed by atoms with van der Waals surface area (Å²) in [6.07, 6.45) is 0. The molecule has 0 N–H and O–H groups in total. The maximum Gasteiger partial charge on any atom is 0.193 e. The summed E-state index contributed by atoms with van der Waals surface area (Å²) in [5.41, 5.74) is 2.27. The van der Waals surface area contributed by atoms with Crippen molar-refractivity contribution in [3.05, 3.63) is 40.1 Å². The number of rotatable bonds is 1. The van der Waals surface area contributed by atoms with Crippen molar-refractivity contribution in [3.63, 3.8) is 0 Å². The number of fused-ring (bicyclic) bond motifs is 3. The van der Waals surface area contributed by atoms with Crippen LogP contribution in [0.2, 0.25) is 0 Å². The minimum absolute atomic E-state index is 0.212. The van der Waals surface area contributed by atoms with Gasteiger partial charge < -0.3 is 4.57 Å². The van der Waals surface area contributed by atoms with Crippen LogP contribution in [0.4, 0.5) is 0 Å².